The zero-order chi connectivity index (χ0) is 14.1. The number of nitrogens with zero attached hydrogens (tertiary/aromatic N) is 2. The summed E-state index contributed by atoms with van der Waals surface area (Å²) in [6, 6.07) is 5.36. The Balaban J connectivity index is 1.88. The van der Waals surface area contributed by atoms with Crippen LogP contribution in [0.15, 0.2) is 24.4 Å². The molecule has 0 saturated heterocycles. The van der Waals surface area contributed by atoms with Gasteiger partial charge < -0.3 is 10.6 Å². The number of hydrogen-bond acceptors (Lipinski definition) is 4. The van der Waals surface area contributed by atoms with Gasteiger partial charge in [0.2, 0.25) is 11.2 Å². The molecule has 2 aromatic rings. The van der Waals surface area contributed by atoms with Crippen molar-refractivity contribution in [3.63, 3.8) is 0 Å². The maximum atomic E-state index is 13.5. The van der Waals surface area contributed by atoms with Crippen LogP contribution in [-0.4, -0.2) is 15.9 Å². The third-order valence-corrected chi connectivity index (χ3v) is 3.16. The molecule has 0 unspecified atom stereocenters. The zero-order valence-electron chi connectivity index (χ0n) is 10.3. The Bertz CT molecular complexity index is 692. The van der Waals surface area contributed by atoms with Crippen LogP contribution in [0.5, 0.6) is 0 Å². The molecule has 1 amide bonds. The molecule has 20 heavy (non-hydrogen) atoms. The first-order chi connectivity index (χ1) is 9.61. The average Bonchev–Trinajstić information content (AvgIpc) is 2.43. The summed E-state index contributed by atoms with van der Waals surface area (Å²) in [4.78, 5) is 18.6. The summed E-state index contributed by atoms with van der Waals surface area (Å²) in [6.07, 6.45) is 2.12. The molecule has 1 aliphatic rings. The van der Waals surface area contributed by atoms with Crippen LogP contribution in [0.4, 0.5) is 21.6 Å². The van der Waals surface area contributed by atoms with Gasteiger partial charge >= 0.3 is 0 Å². The molecule has 0 bridgehead atoms. The summed E-state index contributed by atoms with van der Waals surface area (Å²) in [6.45, 7) is 0. The van der Waals surface area contributed by atoms with Crippen LogP contribution < -0.4 is 10.6 Å². The molecule has 0 spiro atoms. The molecule has 2 heterocycles. The normalized spacial score (nSPS) is 13.6. The van der Waals surface area contributed by atoms with Gasteiger partial charge in [0.25, 0.3) is 0 Å². The van der Waals surface area contributed by atoms with Crippen molar-refractivity contribution in [3.05, 3.63) is 41.1 Å². The molecule has 0 fully saturated rings. The largest absolute Gasteiger partial charge is 0.338 e. The zero-order valence-corrected chi connectivity index (χ0v) is 11.0. The van der Waals surface area contributed by atoms with Crippen molar-refractivity contribution in [2.45, 2.75) is 12.8 Å². The van der Waals surface area contributed by atoms with Crippen molar-refractivity contribution >= 4 is 34.7 Å². The van der Waals surface area contributed by atoms with Crippen LogP contribution in [0.2, 0.25) is 5.28 Å². The van der Waals surface area contributed by atoms with E-state index in [-0.39, 0.29) is 17.0 Å². The van der Waals surface area contributed by atoms with Gasteiger partial charge in [-0.3, -0.25) is 4.79 Å². The fraction of sp³-hybridized carbons (Fsp3) is 0.154. The number of aryl methyl sites for hydroxylation is 1. The second-order valence-corrected chi connectivity index (χ2v) is 4.72. The molecule has 0 saturated carbocycles. The number of anilines is 3. The first kappa shape index (κ1) is 12.8. The first-order valence-electron chi connectivity index (χ1n) is 5.99. The molecule has 0 aliphatic carbocycles. The number of halogens is 2. The van der Waals surface area contributed by atoms with Gasteiger partial charge in [0, 0.05) is 17.8 Å². The summed E-state index contributed by atoms with van der Waals surface area (Å²) in [5.74, 6) is -0.558. The van der Waals surface area contributed by atoms with Gasteiger partial charge in [-0.05, 0) is 41.8 Å². The van der Waals surface area contributed by atoms with Gasteiger partial charge in [-0.25, -0.2) is 9.37 Å². The lowest BCUT2D eigenvalue weighted by Gasteiger charge is -2.18. The second-order valence-electron chi connectivity index (χ2n) is 4.38. The molecular formula is C13H10ClFN4O. The van der Waals surface area contributed by atoms with Gasteiger partial charge in [-0.15, -0.1) is 0 Å². The van der Waals surface area contributed by atoms with Crippen LogP contribution in [0.1, 0.15) is 12.0 Å². The molecule has 5 nitrogen and oxygen atoms in total. The SMILES string of the molecule is O=C1CCc2cc(Nc3nc(Cl)ncc3F)ccc2N1. The van der Waals surface area contributed by atoms with E-state index in [0.29, 0.717) is 18.5 Å². The maximum Gasteiger partial charge on any atom is 0.224 e. The number of carbonyl (C=O) groups is 1. The lowest BCUT2D eigenvalue weighted by Crippen LogP contribution is -2.18. The molecule has 1 aromatic heterocycles. The monoisotopic (exact) mass is 292 g/mol. The fourth-order valence-corrected chi connectivity index (χ4v) is 2.16. The average molecular weight is 293 g/mol. The number of aromatic nitrogens is 2. The minimum atomic E-state index is -0.583. The number of amides is 1. The summed E-state index contributed by atoms with van der Waals surface area (Å²) in [5.41, 5.74) is 2.46. The summed E-state index contributed by atoms with van der Waals surface area (Å²) < 4.78 is 13.5. The van der Waals surface area contributed by atoms with Crippen molar-refractivity contribution in [2.24, 2.45) is 0 Å². The molecule has 1 aromatic carbocycles. The van der Waals surface area contributed by atoms with Gasteiger partial charge in [0.1, 0.15) is 0 Å². The van der Waals surface area contributed by atoms with Gasteiger partial charge in [-0.1, -0.05) is 0 Å². The topological polar surface area (TPSA) is 66.9 Å². The Morgan fingerprint density at radius 3 is 3.05 bits per heavy atom. The fourth-order valence-electron chi connectivity index (χ4n) is 2.03. The Kier molecular flexibility index (Phi) is 3.23. The lowest BCUT2D eigenvalue weighted by atomic mass is 10.0. The van der Waals surface area contributed by atoms with Crippen LogP contribution in [0, 0.1) is 5.82 Å². The van der Waals surface area contributed by atoms with Crippen molar-refractivity contribution < 1.29 is 9.18 Å². The van der Waals surface area contributed by atoms with Crippen molar-refractivity contribution in [1.29, 1.82) is 0 Å². The maximum absolute atomic E-state index is 13.5. The lowest BCUT2D eigenvalue weighted by molar-refractivity contribution is -0.116. The highest BCUT2D eigenvalue weighted by atomic mass is 35.5. The Labute approximate surface area is 119 Å². The molecular weight excluding hydrogens is 283 g/mol. The predicted octanol–water partition coefficient (Wildman–Crippen LogP) is 2.90. The second kappa shape index (κ2) is 5.05. The van der Waals surface area contributed by atoms with Crippen LogP contribution >= 0.6 is 11.6 Å². The van der Waals surface area contributed by atoms with Gasteiger partial charge in [0.15, 0.2) is 11.6 Å². The molecule has 2 N–H and O–H groups in total. The summed E-state index contributed by atoms with van der Waals surface area (Å²) in [5, 5.41) is 5.61. The van der Waals surface area contributed by atoms with Gasteiger partial charge in [-0.2, -0.15) is 4.98 Å². The van der Waals surface area contributed by atoms with E-state index in [0.717, 1.165) is 17.4 Å². The Hall–Kier alpha value is -2.21. The van der Waals surface area contributed by atoms with E-state index in [1.807, 2.05) is 6.07 Å². The predicted molar refractivity (Wildman–Crippen MR) is 73.7 cm³/mol. The smallest absolute Gasteiger partial charge is 0.224 e. The van der Waals surface area contributed by atoms with E-state index in [2.05, 4.69) is 20.6 Å². The third-order valence-electron chi connectivity index (χ3n) is 2.98. The number of benzene rings is 1. The van der Waals surface area contributed by atoms with Gasteiger partial charge in [0.05, 0.1) is 6.20 Å². The number of rotatable bonds is 2. The van der Waals surface area contributed by atoms with Crippen molar-refractivity contribution in [2.75, 3.05) is 10.6 Å². The Morgan fingerprint density at radius 1 is 1.35 bits per heavy atom. The number of hydrogen-bond donors (Lipinski definition) is 2. The molecule has 0 atom stereocenters. The highest BCUT2D eigenvalue weighted by Crippen LogP contribution is 2.27. The summed E-state index contributed by atoms with van der Waals surface area (Å²) in [7, 11) is 0. The van der Waals surface area contributed by atoms with Crippen LogP contribution in [0.25, 0.3) is 0 Å². The molecule has 3 rings (SSSR count). The van der Waals surface area contributed by atoms with E-state index < -0.39 is 5.82 Å². The molecule has 7 heteroatoms. The van der Waals surface area contributed by atoms with Crippen molar-refractivity contribution in [1.82, 2.24) is 9.97 Å². The highest BCUT2D eigenvalue weighted by molar-refractivity contribution is 6.28. The van der Waals surface area contributed by atoms with Crippen LogP contribution in [-0.2, 0) is 11.2 Å². The summed E-state index contributed by atoms with van der Waals surface area (Å²) >= 11 is 5.64. The quantitative estimate of drug-likeness (QED) is 0.835. The van der Waals surface area contributed by atoms with Crippen LogP contribution in [0.3, 0.4) is 0 Å². The van der Waals surface area contributed by atoms with E-state index in [1.165, 1.54) is 0 Å². The number of nitrogens with one attached hydrogen (secondary N) is 2. The van der Waals surface area contributed by atoms with E-state index in [4.69, 9.17) is 11.6 Å². The first-order valence-corrected chi connectivity index (χ1v) is 6.37. The van der Waals surface area contributed by atoms with E-state index in [9.17, 15) is 9.18 Å². The molecule has 0 radical (unpaired) electrons. The van der Waals surface area contributed by atoms with Crippen molar-refractivity contribution in [3.8, 4) is 0 Å². The number of carbonyl (C=O) groups excluding carboxylic acids is 1. The molecule has 102 valence electrons. The standard InChI is InChI=1S/C13H10ClFN4O/c14-13-16-6-9(15)12(19-13)17-8-2-3-10-7(5-8)1-4-11(20)18-10/h2-3,5-6H,1,4H2,(H,18,20)(H,16,17,19). The highest BCUT2D eigenvalue weighted by Gasteiger charge is 2.15. The minimum Gasteiger partial charge on any atom is -0.338 e. The Morgan fingerprint density at radius 2 is 2.20 bits per heavy atom. The number of fused-ring (bicyclic) bond motifs is 1. The molecule has 1 aliphatic heterocycles. The van der Waals surface area contributed by atoms with E-state index >= 15 is 0 Å². The van der Waals surface area contributed by atoms with E-state index in [1.54, 1.807) is 12.1 Å². The third kappa shape index (κ3) is 2.55. The minimum absolute atomic E-state index is 0.00633.